The van der Waals surface area contributed by atoms with Crippen LogP contribution in [0.5, 0.6) is 0 Å². The van der Waals surface area contributed by atoms with Crippen LogP contribution in [0.15, 0.2) is 60.8 Å². The topological polar surface area (TPSA) is 58.4 Å². The lowest BCUT2D eigenvalue weighted by Gasteiger charge is -2.35. The van der Waals surface area contributed by atoms with Crippen molar-refractivity contribution in [1.82, 2.24) is 19.6 Å². The van der Waals surface area contributed by atoms with E-state index < -0.39 is 11.9 Å². The third-order valence-electron chi connectivity index (χ3n) is 5.45. The highest BCUT2D eigenvalue weighted by molar-refractivity contribution is 5.94. The highest BCUT2D eigenvalue weighted by Gasteiger charge is 2.33. The van der Waals surface area contributed by atoms with Gasteiger partial charge in [0.2, 0.25) is 5.91 Å². The molecule has 2 amide bonds. The minimum atomic E-state index is -4.52. The largest absolute Gasteiger partial charge is 0.435 e. The Kier molecular flexibility index (Phi) is 6.17. The van der Waals surface area contributed by atoms with Crippen molar-refractivity contribution in [2.24, 2.45) is 0 Å². The van der Waals surface area contributed by atoms with Gasteiger partial charge in [-0.1, -0.05) is 12.1 Å². The predicted octanol–water partition coefficient (Wildman–Crippen LogP) is 3.56. The molecular weight excluding hydrogens is 440 g/mol. The second kappa shape index (κ2) is 9.05. The predicted molar refractivity (Wildman–Crippen MR) is 111 cm³/mol. The van der Waals surface area contributed by atoms with E-state index in [9.17, 15) is 27.2 Å². The van der Waals surface area contributed by atoms with Crippen LogP contribution in [0, 0.1) is 5.82 Å². The van der Waals surface area contributed by atoms with Crippen LogP contribution in [0.25, 0.3) is 5.69 Å². The molecule has 0 aliphatic carbocycles. The summed E-state index contributed by atoms with van der Waals surface area (Å²) in [6, 6.07) is 12.8. The van der Waals surface area contributed by atoms with Crippen molar-refractivity contribution in [3.05, 3.63) is 83.4 Å². The summed E-state index contributed by atoms with van der Waals surface area (Å²) in [6.07, 6.45) is -3.15. The molecule has 1 saturated heterocycles. The number of carbonyl (C=O) groups excluding carboxylic acids is 2. The number of carbonyl (C=O) groups is 2. The van der Waals surface area contributed by atoms with Crippen LogP contribution in [0.3, 0.4) is 0 Å². The van der Waals surface area contributed by atoms with Crippen molar-refractivity contribution < 1.29 is 27.2 Å². The number of piperazine rings is 1. The Morgan fingerprint density at radius 3 is 2.03 bits per heavy atom. The molecule has 0 bridgehead atoms. The minimum absolute atomic E-state index is 0.0875. The number of hydrogen-bond acceptors (Lipinski definition) is 3. The van der Waals surface area contributed by atoms with Gasteiger partial charge in [0.05, 0.1) is 12.1 Å². The number of aromatic nitrogens is 2. The van der Waals surface area contributed by atoms with Gasteiger partial charge in [0.1, 0.15) is 5.82 Å². The lowest BCUT2D eigenvalue weighted by Crippen LogP contribution is -2.51. The standard InChI is InChI=1S/C23H20F4N4O2/c24-18-5-1-16(2-6-18)15-21(32)29-11-13-30(14-12-29)22(33)17-3-7-19(8-4-17)31-10-9-20(28-31)23(25,26)27/h1-10H,11-15H2. The van der Waals surface area contributed by atoms with Crippen molar-refractivity contribution in [3.63, 3.8) is 0 Å². The van der Waals surface area contributed by atoms with Crippen LogP contribution in [0.4, 0.5) is 17.6 Å². The maximum atomic E-state index is 13.0. The zero-order chi connectivity index (χ0) is 23.6. The van der Waals surface area contributed by atoms with E-state index >= 15 is 0 Å². The minimum Gasteiger partial charge on any atom is -0.339 e. The second-order valence-corrected chi connectivity index (χ2v) is 7.67. The van der Waals surface area contributed by atoms with Crippen LogP contribution in [0.2, 0.25) is 0 Å². The number of nitrogens with zero attached hydrogens (tertiary/aromatic N) is 4. The van der Waals surface area contributed by atoms with Crippen LogP contribution in [0.1, 0.15) is 21.6 Å². The Morgan fingerprint density at radius 1 is 0.848 bits per heavy atom. The number of amides is 2. The lowest BCUT2D eigenvalue weighted by molar-refractivity contribution is -0.141. The molecule has 0 unspecified atom stereocenters. The van der Waals surface area contributed by atoms with Crippen molar-refractivity contribution in [2.45, 2.75) is 12.6 Å². The van der Waals surface area contributed by atoms with Crippen LogP contribution in [-0.2, 0) is 17.4 Å². The first-order valence-electron chi connectivity index (χ1n) is 10.3. The summed E-state index contributed by atoms with van der Waals surface area (Å²) in [5.74, 6) is -0.666. The molecule has 33 heavy (non-hydrogen) atoms. The maximum Gasteiger partial charge on any atom is 0.435 e. The number of rotatable bonds is 4. The Balaban J connectivity index is 1.33. The zero-order valence-corrected chi connectivity index (χ0v) is 17.4. The molecule has 0 spiro atoms. The van der Waals surface area contributed by atoms with E-state index in [1.807, 2.05) is 0 Å². The van der Waals surface area contributed by atoms with Crippen molar-refractivity contribution >= 4 is 11.8 Å². The average molecular weight is 460 g/mol. The van der Waals surface area contributed by atoms with Crippen molar-refractivity contribution in [1.29, 1.82) is 0 Å². The molecule has 0 N–H and O–H groups in total. The first-order valence-corrected chi connectivity index (χ1v) is 10.3. The van der Waals surface area contributed by atoms with E-state index in [2.05, 4.69) is 5.10 Å². The lowest BCUT2D eigenvalue weighted by atomic mass is 10.1. The number of benzene rings is 2. The summed E-state index contributed by atoms with van der Waals surface area (Å²) < 4.78 is 52.3. The summed E-state index contributed by atoms with van der Waals surface area (Å²) in [4.78, 5) is 28.6. The Hall–Kier alpha value is -3.69. The first-order chi connectivity index (χ1) is 15.7. The summed E-state index contributed by atoms with van der Waals surface area (Å²) in [7, 11) is 0. The van der Waals surface area contributed by atoms with Gasteiger partial charge >= 0.3 is 6.18 Å². The van der Waals surface area contributed by atoms with E-state index in [1.165, 1.54) is 30.5 Å². The molecule has 0 atom stereocenters. The quantitative estimate of drug-likeness (QED) is 0.560. The SMILES string of the molecule is O=C(Cc1ccc(F)cc1)N1CCN(C(=O)c2ccc(-n3ccc(C(F)(F)F)n3)cc2)CC1. The van der Waals surface area contributed by atoms with Gasteiger partial charge in [0, 0.05) is 37.9 Å². The van der Waals surface area contributed by atoms with E-state index in [-0.39, 0.29) is 24.1 Å². The van der Waals surface area contributed by atoms with E-state index in [0.717, 1.165) is 16.3 Å². The summed E-state index contributed by atoms with van der Waals surface area (Å²) in [5.41, 5.74) is 0.528. The molecule has 4 rings (SSSR count). The van der Waals surface area contributed by atoms with Gasteiger partial charge in [-0.25, -0.2) is 9.07 Å². The zero-order valence-electron chi connectivity index (χ0n) is 17.4. The molecule has 1 aromatic heterocycles. The molecule has 1 aliphatic rings. The molecule has 6 nitrogen and oxygen atoms in total. The number of hydrogen-bond donors (Lipinski definition) is 0. The molecule has 3 aromatic rings. The van der Waals surface area contributed by atoms with Crippen molar-refractivity contribution in [2.75, 3.05) is 26.2 Å². The Labute approximate surface area is 187 Å². The van der Waals surface area contributed by atoms with E-state index in [0.29, 0.717) is 37.4 Å². The molecule has 1 aliphatic heterocycles. The van der Waals surface area contributed by atoms with Gasteiger partial charge < -0.3 is 9.80 Å². The maximum absolute atomic E-state index is 13.0. The monoisotopic (exact) mass is 460 g/mol. The summed E-state index contributed by atoms with van der Waals surface area (Å²) in [5, 5.41) is 3.52. The second-order valence-electron chi connectivity index (χ2n) is 7.67. The molecule has 2 aromatic carbocycles. The molecule has 0 saturated carbocycles. The molecule has 10 heteroatoms. The number of halogens is 4. The third kappa shape index (κ3) is 5.21. The highest BCUT2D eigenvalue weighted by atomic mass is 19.4. The average Bonchev–Trinajstić information content (AvgIpc) is 3.31. The molecule has 1 fully saturated rings. The summed E-state index contributed by atoms with van der Waals surface area (Å²) >= 11 is 0. The van der Waals surface area contributed by atoms with Gasteiger partial charge in [0.25, 0.3) is 5.91 Å². The van der Waals surface area contributed by atoms with Crippen LogP contribution >= 0.6 is 0 Å². The fourth-order valence-electron chi connectivity index (χ4n) is 3.61. The summed E-state index contributed by atoms with van der Waals surface area (Å²) in [6.45, 7) is 1.50. The fraction of sp³-hybridized carbons (Fsp3) is 0.261. The van der Waals surface area contributed by atoms with Gasteiger partial charge in [0.15, 0.2) is 5.69 Å². The van der Waals surface area contributed by atoms with Crippen molar-refractivity contribution in [3.8, 4) is 5.69 Å². The van der Waals surface area contributed by atoms with Crippen LogP contribution < -0.4 is 0 Å². The van der Waals surface area contributed by atoms with Gasteiger partial charge in [-0.05, 0) is 48.0 Å². The van der Waals surface area contributed by atoms with E-state index in [1.54, 1.807) is 34.1 Å². The highest BCUT2D eigenvalue weighted by Crippen LogP contribution is 2.28. The molecular formula is C23H20F4N4O2. The fourth-order valence-corrected chi connectivity index (χ4v) is 3.61. The third-order valence-corrected chi connectivity index (χ3v) is 5.45. The van der Waals surface area contributed by atoms with Crippen LogP contribution in [-0.4, -0.2) is 57.6 Å². The Bertz CT molecular complexity index is 1130. The van der Waals surface area contributed by atoms with Gasteiger partial charge in [-0.15, -0.1) is 0 Å². The van der Waals surface area contributed by atoms with E-state index in [4.69, 9.17) is 0 Å². The van der Waals surface area contributed by atoms with Gasteiger partial charge in [-0.3, -0.25) is 9.59 Å². The number of alkyl halides is 3. The molecule has 2 heterocycles. The Morgan fingerprint density at radius 2 is 1.45 bits per heavy atom. The normalized spacial score (nSPS) is 14.4. The smallest absolute Gasteiger partial charge is 0.339 e. The van der Waals surface area contributed by atoms with Gasteiger partial charge in [-0.2, -0.15) is 18.3 Å². The molecule has 172 valence electrons. The molecule has 0 radical (unpaired) electrons. The first kappa shape index (κ1) is 22.5.